The van der Waals surface area contributed by atoms with Gasteiger partial charge in [0.25, 0.3) is 5.91 Å². The van der Waals surface area contributed by atoms with Crippen LogP contribution in [0.2, 0.25) is 0 Å². The van der Waals surface area contributed by atoms with Crippen molar-refractivity contribution in [1.29, 1.82) is 0 Å². The molecule has 30 heavy (non-hydrogen) atoms. The van der Waals surface area contributed by atoms with Crippen LogP contribution >= 0.6 is 23.1 Å². The van der Waals surface area contributed by atoms with Crippen LogP contribution in [0, 0.1) is 0 Å². The Bertz CT molecular complexity index is 1010. The van der Waals surface area contributed by atoms with Crippen molar-refractivity contribution in [2.24, 2.45) is 0 Å². The molecule has 3 heterocycles. The topological polar surface area (TPSA) is 55.2 Å². The van der Waals surface area contributed by atoms with Crippen LogP contribution in [0.15, 0.2) is 4.21 Å². The Morgan fingerprint density at radius 1 is 1.23 bits per heavy atom. The number of amides is 1. The van der Waals surface area contributed by atoms with Gasteiger partial charge in [-0.2, -0.15) is 18.3 Å². The molecule has 0 N–H and O–H groups in total. The lowest BCUT2D eigenvalue weighted by atomic mass is 9.95. The van der Waals surface area contributed by atoms with Crippen molar-refractivity contribution in [1.82, 2.24) is 14.7 Å². The van der Waals surface area contributed by atoms with Crippen LogP contribution in [0.25, 0.3) is 0 Å². The van der Waals surface area contributed by atoms with Gasteiger partial charge in [-0.05, 0) is 38.4 Å². The molecule has 1 aliphatic heterocycles. The number of thiophene rings is 1. The summed E-state index contributed by atoms with van der Waals surface area (Å²) in [5.41, 5.74) is 1.63. The number of aromatic nitrogens is 2. The minimum absolute atomic E-state index is 0.0586. The molecule has 0 spiro atoms. The predicted octanol–water partition coefficient (Wildman–Crippen LogP) is 4.81. The number of carbonyl (C=O) groups is 2. The third kappa shape index (κ3) is 3.68. The largest absolute Gasteiger partial charge is 0.435 e. The van der Waals surface area contributed by atoms with E-state index in [-0.39, 0.29) is 24.7 Å². The van der Waals surface area contributed by atoms with Gasteiger partial charge in [0.05, 0.1) is 14.6 Å². The average Bonchev–Trinajstić information content (AvgIpc) is 3.34. The van der Waals surface area contributed by atoms with Crippen LogP contribution in [0.5, 0.6) is 0 Å². The van der Waals surface area contributed by atoms with Crippen LogP contribution in [-0.4, -0.2) is 39.7 Å². The van der Waals surface area contributed by atoms with Gasteiger partial charge < -0.3 is 4.90 Å². The van der Waals surface area contributed by atoms with Crippen molar-refractivity contribution in [3.8, 4) is 0 Å². The Morgan fingerprint density at radius 3 is 2.67 bits per heavy atom. The van der Waals surface area contributed by atoms with E-state index in [1.807, 2.05) is 6.26 Å². The molecule has 0 fully saturated rings. The molecular weight excluding hydrogens is 435 g/mol. The van der Waals surface area contributed by atoms with Crippen LogP contribution < -0.4 is 0 Å². The molecule has 0 aromatic carbocycles. The first-order valence-electron chi connectivity index (χ1n) is 9.86. The van der Waals surface area contributed by atoms with Crippen molar-refractivity contribution in [2.75, 3.05) is 13.3 Å². The third-order valence-corrected chi connectivity index (χ3v) is 8.06. The first-order chi connectivity index (χ1) is 14.2. The van der Waals surface area contributed by atoms with E-state index in [1.165, 1.54) is 27.8 Å². The molecular formula is C20H22F3N3O2S2. The predicted molar refractivity (Wildman–Crippen MR) is 109 cm³/mol. The minimum atomic E-state index is -4.45. The van der Waals surface area contributed by atoms with Gasteiger partial charge in [-0.1, -0.05) is 0 Å². The molecule has 0 atom stereocenters. The van der Waals surface area contributed by atoms with Gasteiger partial charge in [0.1, 0.15) is 0 Å². The number of Topliss-reactive ketones (excluding diaryl/α,β-unsaturated/α-hetero) is 1. The molecule has 162 valence electrons. The van der Waals surface area contributed by atoms with Crippen molar-refractivity contribution in [2.45, 2.75) is 62.0 Å². The number of thioether (sulfide) groups is 1. The second kappa shape index (κ2) is 8.03. The van der Waals surface area contributed by atoms with Crippen LogP contribution in [0.1, 0.15) is 68.2 Å². The number of hydrogen-bond donors (Lipinski definition) is 0. The molecule has 10 heteroatoms. The van der Waals surface area contributed by atoms with Gasteiger partial charge in [0.2, 0.25) is 0 Å². The molecule has 2 aromatic heterocycles. The molecule has 2 aliphatic rings. The molecule has 2 aromatic rings. The fourth-order valence-electron chi connectivity index (χ4n) is 4.26. The lowest BCUT2D eigenvalue weighted by Gasteiger charge is -2.14. The smallest absolute Gasteiger partial charge is 0.337 e. The summed E-state index contributed by atoms with van der Waals surface area (Å²) >= 11 is 2.80. The molecule has 0 unspecified atom stereocenters. The zero-order chi connectivity index (χ0) is 21.6. The van der Waals surface area contributed by atoms with Crippen molar-refractivity contribution in [3.05, 3.63) is 33.0 Å². The van der Waals surface area contributed by atoms with Gasteiger partial charge in [0, 0.05) is 43.4 Å². The van der Waals surface area contributed by atoms with Crippen molar-refractivity contribution >= 4 is 34.8 Å². The first-order valence-corrected chi connectivity index (χ1v) is 11.9. The number of nitrogens with zero attached hydrogens (tertiary/aromatic N) is 3. The fraction of sp³-hybridized carbons (Fsp3) is 0.550. The van der Waals surface area contributed by atoms with E-state index in [1.54, 1.807) is 11.9 Å². The quantitative estimate of drug-likeness (QED) is 0.461. The lowest BCUT2D eigenvalue weighted by molar-refractivity contribution is -0.142. The number of fused-ring (bicyclic) bond motifs is 2. The number of aryl methyl sites for hydroxylation is 1. The molecule has 5 nitrogen and oxygen atoms in total. The lowest BCUT2D eigenvalue weighted by Crippen LogP contribution is -2.18. The summed E-state index contributed by atoms with van der Waals surface area (Å²) in [6, 6.07) is 0. The molecule has 0 bridgehead atoms. The van der Waals surface area contributed by atoms with Gasteiger partial charge >= 0.3 is 6.18 Å². The van der Waals surface area contributed by atoms with E-state index in [2.05, 4.69) is 5.10 Å². The van der Waals surface area contributed by atoms with E-state index >= 15 is 0 Å². The molecule has 1 aliphatic carbocycles. The Labute approximate surface area is 180 Å². The number of carbonyl (C=O) groups excluding carboxylic acids is 2. The van der Waals surface area contributed by atoms with Crippen molar-refractivity contribution < 1.29 is 22.8 Å². The maximum absolute atomic E-state index is 13.3. The number of alkyl halides is 3. The minimum Gasteiger partial charge on any atom is -0.337 e. The molecule has 0 saturated carbocycles. The van der Waals surface area contributed by atoms with E-state index in [0.717, 1.165) is 22.6 Å². The maximum Gasteiger partial charge on any atom is 0.435 e. The average molecular weight is 458 g/mol. The summed E-state index contributed by atoms with van der Waals surface area (Å²) in [4.78, 5) is 27.4. The fourth-order valence-corrected chi connectivity index (χ4v) is 6.27. The summed E-state index contributed by atoms with van der Waals surface area (Å²) in [5.74, 6) is -0.121. The second-order valence-corrected chi connectivity index (χ2v) is 9.76. The first kappa shape index (κ1) is 21.4. The zero-order valence-corrected chi connectivity index (χ0v) is 18.4. The maximum atomic E-state index is 13.3. The van der Waals surface area contributed by atoms with Crippen molar-refractivity contribution in [3.63, 3.8) is 0 Å². The van der Waals surface area contributed by atoms with Gasteiger partial charge in [-0.25, -0.2) is 0 Å². The number of halogens is 3. The van der Waals surface area contributed by atoms with E-state index in [4.69, 9.17) is 0 Å². The summed E-state index contributed by atoms with van der Waals surface area (Å²) in [5, 5.41) is 3.86. The molecule has 0 saturated heterocycles. The number of hydrogen-bond acceptors (Lipinski definition) is 5. The van der Waals surface area contributed by atoms with Gasteiger partial charge in [-0.15, -0.1) is 23.1 Å². The standard InChI is InChI=1S/C20H22F3N3O2S2/c1-25-10-12-15(18(25)28)19(29-2)30-16(12)14(27)8-5-9-26-13-7-4-3-6-11(13)17(24-26)20(21,22)23/h3-10H2,1-2H3. The van der Waals surface area contributed by atoms with E-state index in [0.29, 0.717) is 47.5 Å². The van der Waals surface area contributed by atoms with Crippen LogP contribution in [0.3, 0.4) is 0 Å². The zero-order valence-electron chi connectivity index (χ0n) is 16.8. The summed E-state index contributed by atoms with van der Waals surface area (Å²) < 4.78 is 42.3. The highest BCUT2D eigenvalue weighted by atomic mass is 32.2. The normalized spacial score (nSPS) is 16.2. The third-order valence-electron chi connectivity index (χ3n) is 5.67. The second-order valence-electron chi connectivity index (χ2n) is 7.67. The summed E-state index contributed by atoms with van der Waals surface area (Å²) in [7, 11) is 1.71. The summed E-state index contributed by atoms with van der Waals surface area (Å²) in [6.07, 6.45) is 0.658. The Kier molecular flexibility index (Phi) is 5.73. The highest BCUT2D eigenvalue weighted by molar-refractivity contribution is 8.00. The molecule has 1 amide bonds. The molecule has 0 radical (unpaired) electrons. The van der Waals surface area contributed by atoms with Gasteiger partial charge in [-0.3, -0.25) is 14.3 Å². The monoisotopic (exact) mass is 457 g/mol. The highest BCUT2D eigenvalue weighted by Crippen LogP contribution is 2.41. The van der Waals surface area contributed by atoms with Crippen LogP contribution in [0.4, 0.5) is 13.2 Å². The van der Waals surface area contributed by atoms with E-state index in [9.17, 15) is 22.8 Å². The van der Waals surface area contributed by atoms with Crippen LogP contribution in [-0.2, 0) is 32.1 Å². The van der Waals surface area contributed by atoms with E-state index < -0.39 is 11.9 Å². The number of ketones is 1. The SMILES string of the molecule is CSc1sc(C(=O)CCCn2nc(C(F)(F)F)c3c2CCCC3)c2c1C(=O)N(C)C2. The Morgan fingerprint density at radius 2 is 1.97 bits per heavy atom. The Balaban J connectivity index is 1.49. The number of rotatable bonds is 6. The highest BCUT2D eigenvalue weighted by Gasteiger charge is 2.39. The van der Waals surface area contributed by atoms with Gasteiger partial charge in [0.15, 0.2) is 11.5 Å². The Hall–Kier alpha value is -1.81. The summed E-state index contributed by atoms with van der Waals surface area (Å²) in [6.45, 7) is 0.708. The molecule has 4 rings (SSSR count).